The number of methoxy groups -OCH3 is 1. The summed E-state index contributed by atoms with van der Waals surface area (Å²) in [6.07, 6.45) is 1.24. The lowest BCUT2D eigenvalue weighted by atomic mass is 9.94. The number of ether oxygens (including phenoxy) is 1. The van der Waals surface area contributed by atoms with E-state index in [9.17, 15) is 4.79 Å². The minimum atomic E-state index is -0.275. The van der Waals surface area contributed by atoms with Crippen molar-refractivity contribution in [2.45, 2.75) is 39.0 Å². The zero-order valence-electron chi connectivity index (χ0n) is 21.5. The molecule has 192 valence electrons. The molecule has 0 aliphatic carbocycles. The molecule has 0 unspecified atom stereocenters. The molecule has 0 saturated carbocycles. The summed E-state index contributed by atoms with van der Waals surface area (Å²) in [6, 6.07) is 23.7. The number of anilines is 1. The Kier molecular flexibility index (Phi) is 6.47. The molecule has 1 aromatic heterocycles. The molecule has 0 fully saturated rings. The fourth-order valence-electron chi connectivity index (χ4n) is 5.21. The summed E-state index contributed by atoms with van der Waals surface area (Å²) < 4.78 is 7.12. The number of amides is 1. The lowest BCUT2D eigenvalue weighted by Crippen LogP contribution is -2.39. The van der Waals surface area contributed by atoms with Crippen LogP contribution in [-0.2, 0) is 22.7 Å². The van der Waals surface area contributed by atoms with E-state index < -0.39 is 0 Å². The monoisotopic (exact) mass is 507 g/mol. The first-order chi connectivity index (χ1) is 18.7. The van der Waals surface area contributed by atoms with Crippen LogP contribution in [0.4, 0.5) is 5.69 Å². The van der Waals surface area contributed by atoms with Gasteiger partial charge in [0.2, 0.25) is 0 Å². The van der Waals surface area contributed by atoms with E-state index in [1.165, 1.54) is 0 Å². The van der Waals surface area contributed by atoms with Crippen LogP contribution in [0.25, 0.3) is 22.5 Å². The van der Waals surface area contributed by atoms with Crippen LogP contribution in [0.15, 0.2) is 78.0 Å². The first-order valence-electron chi connectivity index (χ1n) is 12.9. The Bertz CT molecular complexity index is 1510. The fraction of sp³-hybridized carbons (Fsp3) is 0.267. The molecular weight excluding hydrogens is 478 g/mol. The molecule has 8 heteroatoms. The quantitative estimate of drug-likeness (QED) is 0.338. The van der Waals surface area contributed by atoms with E-state index in [4.69, 9.17) is 9.57 Å². The second-order valence-electron chi connectivity index (χ2n) is 9.59. The summed E-state index contributed by atoms with van der Waals surface area (Å²) in [5.74, 6) is -0.0797. The van der Waals surface area contributed by atoms with Crippen LogP contribution in [0.2, 0.25) is 0 Å². The summed E-state index contributed by atoms with van der Waals surface area (Å²) in [5, 5.41) is 13.4. The van der Waals surface area contributed by atoms with Gasteiger partial charge >= 0.3 is 0 Å². The number of carbonyl (C=O) groups excluding carboxylic acids is 1. The van der Waals surface area contributed by atoms with Crippen molar-refractivity contribution in [2.75, 3.05) is 18.6 Å². The standard InChI is InChI=1S/C30H29N5O3/c1-3-16-35-29-23-8-4-5-9-24(23)30(36)34(27-11-7-6-10-25(27)28(29)31-33-35)18-22-17-26(32-38-22)21-14-12-20(13-15-21)19-37-2/h4-15,22H,3,16-19H2,1-2H3/t22-/m1/s1. The van der Waals surface area contributed by atoms with Crippen molar-refractivity contribution in [3.63, 3.8) is 0 Å². The first-order valence-corrected chi connectivity index (χ1v) is 12.9. The summed E-state index contributed by atoms with van der Waals surface area (Å²) >= 11 is 0. The molecule has 0 bridgehead atoms. The number of aromatic nitrogens is 3. The van der Waals surface area contributed by atoms with Crippen molar-refractivity contribution in [1.82, 2.24) is 15.0 Å². The van der Waals surface area contributed by atoms with Gasteiger partial charge in [-0.25, -0.2) is 4.68 Å². The molecule has 3 heterocycles. The number of hydrogen-bond donors (Lipinski definition) is 0. The summed E-state index contributed by atoms with van der Waals surface area (Å²) in [6.45, 7) is 3.75. The summed E-state index contributed by atoms with van der Waals surface area (Å²) in [7, 11) is 1.68. The van der Waals surface area contributed by atoms with Crippen LogP contribution in [0, 0.1) is 0 Å². The van der Waals surface area contributed by atoms with Crippen LogP contribution in [0.1, 0.15) is 41.3 Å². The topological polar surface area (TPSA) is 81.8 Å². The highest BCUT2D eigenvalue weighted by Crippen LogP contribution is 2.41. The molecule has 4 aromatic rings. The molecule has 1 atom stereocenters. The molecule has 38 heavy (non-hydrogen) atoms. The zero-order valence-corrected chi connectivity index (χ0v) is 21.5. The van der Waals surface area contributed by atoms with Gasteiger partial charge in [-0.3, -0.25) is 4.79 Å². The van der Waals surface area contributed by atoms with Gasteiger partial charge < -0.3 is 14.5 Å². The van der Waals surface area contributed by atoms with Crippen molar-refractivity contribution in [3.05, 3.63) is 89.5 Å². The molecule has 8 nitrogen and oxygen atoms in total. The molecule has 0 spiro atoms. The third-order valence-corrected chi connectivity index (χ3v) is 7.00. The van der Waals surface area contributed by atoms with Gasteiger partial charge in [-0.2, -0.15) is 0 Å². The molecule has 2 aliphatic rings. The zero-order chi connectivity index (χ0) is 26.1. The number of nitrogens with zero attached hydrogens (tertiary/aromatic N) is 5. The summed E-state index contributed by atoms with van der Waals surface area (Å²) in [5.41, 5.74) is 7.76. The Hall–Kier alpha value is -4.30. The number of oxime groups is 1. The largest absolute Gasteiger partial charge is 0.390 e. The van der Waals surface area contributed by atoms with Gasteiger partial charge in [0.1, 0.15) is 5.69 Å². The number of hydrogen-bond acceptors (Lipinski definition) is 6. The van der Waals surface area contributed by atoms with Crippen molar-refractivity contribution in [3.8, 4) is 22.5 Å². The number of aryl methyl sites for hydroxylation is 1. The number of rotatable bonds is 7. The van der Waals surface area contributed by atoms with E-state index in [0.29, 0.717) is 25.1 Å². The number of fused-ring (bicyclic) bond motifs is 5. The molecule has 0 saturated heterocycles. The van der Waals surface area contributed by atoms with Gasteiger partial charge in [0, 0.05) is 36.8 Å². The molecule has 1 amide bonds. The van der Waals surface area contributed by atoms with Gasteiger partial charge in [0.15, 0.2) is 6.10 Å². The van der Waals surface area contributed by atoms with Crippen LogP contribution >= 0.6 is 0 Å². The number of para-hydroxylation sites is 1. The van der Waals surface area contributed by atoms with Crippen LogP contribution in [0.3, 0.4) is 0 Å². The highest BCUT2D eigenvalue weighted by molar-refractivity contribution is 6.14. The molecule has 6 rings (SSSR count). The fourth-order valence-corrected chi connectivity index (χ4v) is 5.21. The average Bonchev–Trinajstić information content (AvgIpc) is 3.59. The lowest BCUT2D eigenvalue weighted by Gasteiger charge is -2.29. The second-order valence-corrected chi connectivity index (χ2v) is 9.59. The lowest BCUT2D eigenvalue weighted by molar-refractivity contribution is 0.0818. The minimum absolute atomic E-state index is 0.0797. The second kappa shape index (κ2) is 10.2. The highest BCUT2D eigenvalue weighted by atomic mass is 16.6. The number of benzene rings is 3. The molecular formula is C30H29N5O3. The predicted octanol–water partition coefficient (Wildman–Crippen LogP) is 5.32. The molecule has 3 aromatic carbocycles. The van der Waals surface area contributed by atoms with E-state index in [1.807, 2.05) is 77.5 Å². The van der Waals surface area contributed by atoms with E-state index in [1.54, 1.807) is 12.0 Å². The molecule has 2 aliphatic heterocycles. The van der Waals surface area contributed by atoms with E-state index in [-0.39, 0.29) is 12.0 Å². The Balaban J connectivity index is 1.35. The van der Waals surface area contributed by atoms with Crippen molar-refractivity contribution < 1.29 is 14.4 Å². The summed E-state index contributed by atoms with van der Waals surface area (Å²) in [4.78, 5) is 21.8. The normalized spacial score (nSPS) is 16.2. The molecule has 0 radical (unpaired) electrons. The van der Waals surface area contributed by atoms with Crippen LogP contribution < -0.4 is 4.90 Å². The highest BCUT2D eigenvalue weighted by Gasteiger charge is 2.34. The van der Waals surface area contributed by atoms with E-state index >= 15 is 0 Å². The third kappa shape index (κ3) is 4.26. The average molecular weight is 508 g/mol. The van der Waals surface area contributed by atoms with E-state index in [0.717, 1.165) is 58.0 Å². The maximum Gasteiger partial charge on any atom is 0.259 e. The van der Waals surface area contributed by atoms with Gasteiger partial charge in [-0.1, -0.05) is 78.0 Å². The Morgan fingerprint density at radius 2 is 1.71 bits per heavy atom. The van der Waals surface area contributed by atoms with Crippen LogP contribution in [0.5, 0.6) is 0 Å². The smallest absolute Gasteiger partial charge is 0.259 e. The number of carbonyl (C=O) groups is 1. The van der Waals surface area contributed by atoms with Gasteiger partial charge in [-0.05, 0) is 29.7 Å². The van der Waals surface area contributed by atoms with Crippen molar-refractivity contribution >= 4 is 17.3 Å². The Morgan fingerprint density at radius 3 is 2.47 bits per heavy atom. The van der Waals surface area contributed by atoms with E-state index in [2.05, 4.69) is 22.4 Å². The Morgan fingerprint density at radius 1 is 0.974 bits per heavy atom. The maximum absolute atomic E-state index is 14.2. The third-order valence-electron chi connectivity index (χ3n) is 7.00. The molecule has 0 N–H and O–H groups in total. The Labute approximate surface area is 221 Å². The maximum atomic E-state index is 14.2. The van der Waals surface area contributed by atoms with Gasteiger partial charge in [0.25, 0.3) is 5.91 Å². The predicted molar refractivity (Wildman–Crippen MR) is 146 cm³/mol. The van der Waals surface area contributed by atoms with Gasteiger partial charge in [0.05, 0.1) is 30.2 Å². The van der Waals surface area contributed by atoms with Crippen molar-refractivity contribution in [2.24, 2.45) is 5.16 Å². The van der Waals surface area contributed by atoms with Crippen LogP contribution in [-0.4, -0.2) is 46.4 Å². The minimum Gasteiger partial charge on any atom is -0.390 e. The van der Waals surface area contributed by atoms with Crippen molar-refractivity contribution in [1.29, 1.82) is 0 Å². The SMILES string of the molecule is CCCn1nnc2c1-c1ccccc1C(=O)N(C[C@H]1CC(c3ccc(COC)cc3)=NO1)c1ccccc1-2. The first kappa shape index (κ1) is 24.1. The van der Waals surface area contributed by atoms with Gasteiger partial charge in [-0.15, -0.1) is 5.10 Å².